The number of halogens is 5. The Morgan fingerprint density at radius 3 is 1.43 bits per heavy atom. The standard InChI is InChI=1S/C9H5F5/c1-2-3-4-5(10)7(12)9(14)8(13)6(4)11/h2-3H,1H3/b3-2-. The molecule has 0 spiro atoms. The highest BCUT2D eigenvalue weighted by Crippen LogP contribution is 2.23. The topological polar surface area (TPSA) is 0 Å². The average Bonchev–Trinajstić information content (AvgIpc) is 2.19. The van der Waals surface area contributed by atoms with Gasteiger partial charge in [-0.2, -0.15) is 0 Å². The highest BCUT2D eigenvalue weighted by atomic mass is 19.2. The van der Waals surface area contributed by atoms with Crippen LogP contribution in [0, 0.1) is 29.1 Å². The summed E-state index contributed by atoms with van der Waals surface area (Å²) in [4.78, 5) is 0. The summed E-state index contributed by atoms with van der Waals surface area (Å²) in [5.74, 6) is -9.65. The smallest absolute Gasteiger partial charge is 0.200 e. The summed E-state index contributed by atoms with van der Waals surface area (Å²) in [6.07, 6.45) is 1.99. The van der Waals surface area contributed by atoms with Gasteiger partial charge >= 0.3 is 0 Å². The van der Waals surface area contributed by atoms with Crippen LogP contribution in [0.15, 0.2) is 6.08 Å². The third-order valence-corrected chi connectivity index (χ3v) is 1.58. The molecule has 1 aromatic carbocycles. The van der Waals surface area contributed by atoms with Crippen molar-refractivity contribution in [2.24, 2.45) is 0 Å². The largest absolute Gasteiger partial charge is 0.203 e. The molecule has 1 rings (SSSR count). The maximum absolute atomic E-state index is 12.8. The van der Waals surface area contributed by atoms with Gasteiger partial charge in [0.1, 0.15) is 0 Å². The van der Waals surface area contributed by atoms with E-state index in [0.29, 0.717) is 0 Å². The third-order valence-electron chi connectivity index (χ3n) is 1.58. The van der Waals surface area contributed by atoms with Gasteiger partial charge in [-0.15, -0.1) is 0 Å². The molecule has 76 valence electrons. The van der Waals surface area contributed by atoms with Crippen LogP contribution in [0.5, 0.6) is 0 Å². The van der Waals surface area contributed by atoms with Crippen LogP contribution >= 0.6 is 0 Å². The van der Waals surface area contributed by atoms with Crippen LogP contribution in [0.2, 0.25) is 0 Å². The second kappa shape index (κ2) is 3.77. The number of benzene rings is 1. The van der Waals surface area contributed by atoms with E-state index < -0.39 is 34.6 Å². The molecule has 0 aliphatic rings. The van der Waals surface area contributed by atoms with Crippen molar-refractivity contribution in [3.8, 4) is 0 Å². The van der Waals surface area contributed by atoms with Gasteiger partial charge in [0.15, 0.2) is 23.3 Å². The zero-order chi connectivity index (χ0) is 10.9. The van der Waals surface area contributed by atoms with E-state index in [-0.39, 0.29) is 0 Å². The molecular weight excluding hydrogens is 203 g/mol. The molecule has 0 N–H and O–H groups in total. The summed E-state index contributed by atoms with van der Waals surface area (Å²) < 4.78 is 63.2. The van der Waals surface area contributed by atoms with Crippen molar-refractivity contribution in [2.45, 2.75) is 6.92 Å². The summed E-state index contributed by atoms with van der Waals surface area (Å²) in [6, 6.07) is 0. The van der Waals surface area contributed by atoms with Gasteiger partial charge in [0.25, 0.3) is 0 Å². The lowest BCUT2D eigenvalue weighted by molar-refractivity contribution is 0.377. The first-order valence-corrected chi connectivity index (χ1v) is 3.64. The molecule has 0 radical (unpaired) electrons. The SMILES string of the molecule is C/C=C\c1c(F)c(F)c(F)c(F)c1F. The van der Waals surface area contributed by atoms with Crippen LogP contribution < -0.4 is 0 Å². The predicted molar refractivity (Wildman–Crippen MR) is 40.9 cm³/mol. The fraction of sp³-hybridized carbons (Fsp3) is 0.111. The second-order valence-corrected chi connectivity index (χ2v) is 2.48. The summed E-state index contributed by atoms with van der Waals surface area (Å²) in [7, 11) is 0. The van der Waals surface area contributed by atoms with Crippen molar-refractivity contribution in [1.29, 1.82) is 0 Å². The van der Waals surface area contributed by atoms with E-state index in [4.69, 9.17) is 0 Å². The molecule has 0 amide bonds. The van der Waals surface area contributed by atoms with Crippen molar-refractivity contribution < 1.29 is 22.0 Å². The van der Waals surface area contributed by atoms with E-state index in [1.807, 2.05) is 0 Å². The molecular formula is C9H5F5. The third kappa shape index (κ3) is 1.49. The molecule has 0 atom stereocenters. The van der Waals surface area contributed by atoms with E-state index in [9.17, 15) is 22.0 Å². The van der Waals surface area contributed by atoms with Crippen LogP contribution in [-0.4, -0.2) is 0 Å². The van der Waals surface area contributed by atoms with E-state index >= 15 is 0 Å². The van der Waals surface area contributed by atoms with E-state index in [2.05, 4.69) is 0 Å². The molecule has 14 heavy (non-hydrogen) atoms. The fourth-order valence-corrected chi connectivity index (χ4v) is 0.935. The van der Waals surface area contributed by atoms with Gasteiger partial charge in [-0.3, -0.25) is 0 Å². The molecule has 0 aliphatic carbocycles. The van der Waals surface area contributed by atoms with Gasteiger partial charge in [0, 0.05) is 0 Å². The Labute approximate surface area is 76.7 Å². The highest BCUT2D eigenvalue weighted by molar-refractivity contribution is 5.51. The van der Waals surface area contributed by atoms with Crippen LogP contribution in [0.4, 0.5) is 22.0 Å². The summed E-state index contributed by atoms with van der Waals surface area (Å²) in [5, 5.41) is 0. The Hall–Kier alpha value is -1.39. The Morgan fingerprint density at radius 2 is 1.07 bits per heavy atom. The maximum Gasteiger partial charge on any atom is 0.200 e. The number of hydrogen-bond donors (Lipinski definition) is 0. The van der Waals surface area contributed by atoms with Crippen molar-refractivity contribution in [1.82, 2.24) is 0 Å². The maximum atomic E-state index is 12.8. The Morgan fingerprint density at radius 1 is 0.714 bits per heavy atom. The molecule has 0 aliphatic heterocycles. The van der Waals surface area contributed by atoms with E-state index in [1.54, 1.807) is 0 Å². The molecule has 5 heteroatoms. The molecule has 0 heterocycles. The lowest BCUT2D eigenvalue weighted by atomic mass is 10.1. The van der Waals surface area contributed by atoms with Gasteiger partial charge in [-0.1, -0.05) is 12.2 Å². The molecule has 0 nitrogen and oxygen atoms in total. The highest BCUT2D eigenvalue weighted by Gasteiger charge is 2.23. The summed E-state index contributed by atoms with van der Waals surface area (Å²) in [6.45, 7) is 1.40. The average molecular weight is 208 g/mol. The minimum Gasteiger partial charge on any atom is -0.203 e. The van der Waals surface area contributed by atoms with Gasteiger partial charge in [-0.25, -0.2) is 22.0 Å². The van der Waals surface area contributed by atoms with E-state index in [1.165, 1.54) is 13.0 Å². The fourth-order valence-electron chi connectivity index (χ4n) is 0.935. The lowest BCUT2D eigenvalue weighted by Gasteiger charge is -2.03. The van der Waals surface area contributed by atoms with E-state index in [0.717, 1.165) is 6.08 Å². The Balaban J connectivity index is 3.59. The van der Waals surface area contributed by atoms with Gasteiger partial charge < -0.3 is 0 Å². The van der Waals surface area contributed by atoms with Crippen molar-refractivity contribution in [3.05, 3.63) is 40.7 Å². The first-order chi connectivity index (χ1) is 6.50. The van der Waals surface area contributed by atoms with Gasteiger partial charge in [-0.05, 0) is 6.92 Å². The van der Waals surface area contributed by atoms with Crippen LogP contribution in [0.1, 0.15) is 12.5 Å². The number of hydrogen-bond acceptors (Lipinski definition) is 0. The summed E-state index contributed by atoms with van der Waals surface area (Å²) in [5.41, 5.74) is -0.927. The number of allylic oxidation sites excluding steroid dienone is 1. The Bertz CT molecular complexity index is 366. The van der Waals surface area contributed by atoms with Crippen LogP contribution in [0.25, 0.3) is 6.08 Å². The minimum absolute atomic E-state index is 0.816. The molecule has 0 bridgehead atoms. The van der Waals surface area contributed by atoms with Crippen molar-refractivity contribution in [3.63, 3.8) is 0 Å². The number of rotatable bonds is 1. The van der Waals surface area contributed by atoms with Gasteiger partial charge in [0.05, 0.1) is 5.56 Å². The Kier molecular flexibility index (Phi) is 2.88. The van der Waals surface area contributed by atoms with Crippen molar-refractivity contribution in [2.75, 3.05) is 0 Å². The lowest BCUT2D eigenvalue weighted by Crippen LogP contribution is -2.03. The minimum atomic E-state index is -2.15. The van der Waals surface area contributed by atoms with Crippen molar-refractivity contribution >= 4 is 6.08 Å². The first-order valence-electron chi connectivity index (χ1n) is 3.64. The monoisotopic (exact) mass is 208 g/mol. The van der Waals surface area contributed by atoms with Crippen LogP contribution in [-0.2, 0) is 0 Å². The summed E-state index contributed by atoms with van der Waals surface area (Å²) >= 11 is 0. The molecule has 0 unspecified atom stereocenters. The molecule has 0 saturated carbocycles. The van der Waals surface area contributed by atoms with Crippen LogP contribution in [0.3, 0.4) is 0 Å². The van der Waals surface area contributed by atoms with Gasteiger partial charge in [0.2, 0.25) is 5.82 Å². The molecule has 0 fully saturated rings. The zero-order valence-electron chi connectivity index (χ0n) is 7.04. The quantitative estimate of drug-likeness (QED) is 0.377. The first kappa shape index (κ1) is 10.7. The zero-order valence-corrected chi connectivity index (χ0v) is 7.04. The molecule has 0 aromatic heterocycles. The molecule has 0 saturated heterocycles. The normalized spacial score (nSPS) is 11.3. The second-order valence-electron chi connectivity index (χ2n) is 2.48. The molecule has 1 aromatic rings. The predicted octanol–water partition coefficient (Wildman–Crippen LogP) is 3.42.